The number of aliphatic hydroxyl groups is 1. The van der Waals surface area contributed by atoms with E-state index in [4.69, 9.17) is 10.4 Å². The highest BCUT2D eigenvalue weighted by molar-refractivity contribution is 5.59. The molecule has 0 heterocycles. The normalized spacial score (nSPS) is 11.6. The first kappa shape index (κ1) is 13.9. The fraction of sp³-hybridized carbons (Fsp3) is 0.417. The van der Waals surface area contributed by atoms with Crippen LogP contribution >= 0.6 is 0 Å². The second-order valence-electron chi connectivity index (χ2n) is 4.02. The molecule has 1 aromatic carbocycles. The molecule has 0 saturated heterocycles. The van der Waals surface area contributed by atoms with Gasteiger partial charge in [-0.15, -0.1) is 0 Å². The second-order valence-corrected chi connectivity index (χ2v) is 4.02. The van der Waals surface area contributed by atoms with E-state index in [9.17, 15) is 10.1 Å². The molecule has 6 nitrogen and oxygen atoms in total. The first-order valence-electron chi connectivity index (χ1n) is 5.65. The zero-order valence-electron chi connectivity index (χ0n) is 10.1. The molecule has 6 heteroatoms. The Hall–Kier alpha value is -2.13. The summed E-state index contributed by atoms with van der Waals surface area (Å²) in [6.07, 6.45) is 1.10. The van der Waals surface area contributed by atoms with Gasteiger partial charge in [0, 0.05) is 18.3 Å². The average Bonchev–Trinajstić information content (AvgIpc) is 2.34. The van der Waals surface area contributed by atoms with Crippen LogP contribution in [0.4, 0.5) is 11.4 Å². The molecule has 0 aromatic heterocycles. The summed E-state index contributed by atoms with van der Waals surface area (Å²) < 4.78 is 0. The minimum atomic E-state index is -0.570. The van der Waals surface area contributed by atoms with Gasteiger partial charge in [0.15, 0.2) is 0 Å². The van der Waals surface area contributed by atoms with Crippen LogP contribution in [0.2, 0.25) is 0 Å². The predicted octanol–water partition coefficient (Wildman–Crippen LogP) is 2.04. The van der Waals surface area contributed by atoms with Crippen molar-refractivity contribution in [2.24, 2.45) is 0 Å². The summed E-state index contributed by atoms with van der Waals surface area (Å²) in [4.78, 5) is 10.2. The summed E-state index contributed by atoms with van der Waals surface area (Å²) in [5.74, 6) is 0. The summed E-state index contributed by atoms with van der Waals surface area (Å²) in [5.41, 5.74) is 0.457. The van der Waals surface area contributed by atoms with Crippen LogP contribution in [0.5, 0.6) is 0 Å². The maximum Gasteiger partial charge on any atom is 0.289 e. The number of hydrogen-bond donors (Lipinski definition) is 2. The van der Waals surface area contributed by atoms with E-state index in [0.717, 1.165) is 6.42 Å². The highest BCUT2D eigenvalue weighted by atomic mass is 16.6. The lowest BCUT2D eigenvalue weighted by Gasteiger charge is -2.07. The first-order valence-corrected chi connectivity index (χ1v) is 5.65. The van der Waals surface area contributed by atoms with Crippen molar-refractivity contribution in [1.82, 2.24) is 0 Å². The fourth-order valence-corrected chi connectivity index (χ4v) is 1.52. The molecule has 1 aromatic rings. The number of rotatable bonds is 6. The third-order valence-electron chi connectivity index (χ3n) is 2.44. The van der Waals surface area contributed by atoms with Crippen molar-refractivity contribution in [2.45, 2.75) is 25.9 Å². The Morgan fingerprint density at radius 1 is 1.61 bits per heavy atom. The van der Waals surface area contributed by atoms with Crippen LogP contribution in [-0.4, -0.2) is 22.7 Å². The zero-order valence-corrected chi connectivity index (χ0v) is 10.1. The molecule has 0 bridgehead atoms. The molecule has 18 heavy (non-hydrogen) atoms. The zero-order chi connectivity index (χ0) is 13.5. The number of nitrogens with one attached hydrogen (secondary N) is 1. The number of nitro benzene ring substituents is 1. The van der Waals surface area contributed by atoms with Gasteiger partial charge in [-0.05, 0) is 31.9 Å². The molecule has 0 aliphatic heterocycles. The lowest BCUT2D eigenvalue weighted by molar-refractivity contribution is -0.385. The topological polar surface area (TPSA) is 99.2 Å². The number of nitriles is 1. The molecule has 0 fully saturated rings. The average molecular weight is 249 g/mol. The van der Waals surface area contributed by atoms with E-state index in [1.807, 2.05) is 0 Å². The number of nitrogens with zero attached hydrogens (tertiary/aromatic N) is 2. The van der Waals surface area contributed by atoms with E-state index in [1.165, 1.54) is 12.1 Å². The van der Waals surface area contributed by atoms with Crippen LogP contribution in [0.15, 0.2) is 18.2 Å². The van der Waals surface area contributed by atoms with Gasteiger partial charge in [-0.3, -0.25) is 10.1 Å². The van der Waals surface area contributed by atoms with Crippen molar-refractivity contribution < 1.29 is 10.0 Å². The van der Waals surface area contributed by atoms with E-state index in [-0.39, 0.29) is 17.4 Å². The predicted molar refractivity (Wildman–Crippen MR) is 67.2 cm³/mol. The minimum absolute atomic E-state index is 0.0505. The maximum atomic E-state index is 10.7. The molecule has 96 valence electrons. The number of anilines is 1. The largest absolute Gasteiger partial charge is 0.393 e. The highest BCUT2D eigenvalue weighted by Gasteiger charge is 2.13. The Morgan fingerprint density at radius 3 is 2.89 bits per heavy atom. The summed E-state index contributed by atoms with van der Waals surface area (Å²) >= 11 is 0. The Labute approximate surface area is 105 Å². The van der Waals surface area contributed by atoms with E-state index in [1.54, 1.807) is 19.1 Å². The molecule has 0 amide bonds. The van der Waals surface area contributed by atoms with E-state index in [0.29, 0.717) is 18.7 Å². The van der Waals surface area contributed by atoms with Gasteiger partial charge in [-0.25, -0.2) is 0 Å². The van der Waals surface area contributed by atoms with Crippen molar-refractivity contribution >= 4 is 11.4 Å². The quantitative estimate of drug-likeness (QED) is 0.456. The van der Waals surface area contributed by atoms with Crippen molar-refractivity contribution in [3.8, 4) is 6.07 Å². The highest BCUT2D eigenvalue weighted by Crippen LogP contribution is 2.22. The fourth-order valence-electron chi connectivity index (χ4n) is 1.52. The molecule has 1 rings (SSSR count). The van der Waals surface area contributed by atoms with Gasteiger partial charge in [-0.1, -0.05) is 0 Å². The third kappa shape index (κ3) is 4.03. The van der Waals surface area contributed by atoms with Crippen LogP contribution in [-0.2, 0) is 0 Å². The van der Waals surface area contributed by atoms with Crippen LogP contribution in [0.3, 0.4) is 0 Å². The minimum Gasteiger partial charge on any atom is -0.393 e. The SMILES string of the molecule is CC(O)CCCNc1ccc(C#N)c([N+](=O)[O-])c1. The monoisotopic (exact) mass is 249 g/mol. The van der Waals surface area contributed by atoms with Crippen LogP contribution in [0.25, 0.3) is 0 Å². The Balaban J connectivity index is 2.65. The smallest absolute Gasteiger partial charge is 0.289 e. The molecule has 1 unspecified atom stereocenters. The van der Waals surface area contributed by atoms with E-state index in [2.05, 4.69) is 5.32 Å². The van der Waals surface area contributed by atoms with Gasteiger partial charge in [0.2, 0.25) is 0 Å². The molecule has 0 aliphatic rings. The first-order chi connectivity index (χ1) is 8.54. The van der Waals surface area contributed by atoms with E-state index < -0.39 is 4.92 Å². The Kier molecular flexibility index (Phi) is 5.08. The standard InChI is InChI=1S/C12H15N3O3/c1-9(16)3-2-6-14-11-5-4-10(8-13)12(7-11)15(17)18/h4-5,7,9,14,16H,2-3,6H2,1H3. The third-order valence-corrected chi connectivity index (χ3v) is 2.44. The maximum absolute atomic E-state index is 10.7. The number of hydrogen-bond acceptors (Lipinski definition) is 5. The van der Waals surface area contributed by atoms with Gasteiger partial charge >= 0.3 is 0 Å². The van der Waals surface area contributed by atoms with Crippen LogP contribution in [0, 0.1) is 21.4 Å². The molecule has 2 N–H and O–H groups in total. The van der Waals surface area contributed by atoms with Gasteiger partial charge in [-0.2, -0.15) is 5.26 Å². The molecule has 0 saturated carbocycles. The summed E-state index contributed by atoms with van der Waals surface area (Å²) in [7, 11) is 0. The Bertz CT molecular complexity index is 466. The lowest BCUT2D eigenvalue weighted by atomic mass is 10.1. The molecular formula is C12H15N3O3. The number of benzene rings is 1. The van der Waals surface area contributed by atoms with Crippen LogP contribution < -0.4 is 5.32 Å². The summed E-state index contributed by atoms with van der Waals surface area (Å²) in [6, 6.07) is 6.19. The molecule has 0 aliphatic carbocycles. The summed E-state index contributed by atoms with van der Waals surface area (Å²) in [5, 5.41) is 31.6. The lowest BCUT2D eigenvalue weighted by Crippen LogP contribution is -2.06. The molecular weight excluding hydrogens is 234 g/mol. The van der Waals surface area contributed by atoms with Gasteiger partial charge in [0.05, 0.1) is 11.0 Å². The van der Waals surface area contributed by atoms with Crippen molar-refractivity contribution in [2.75, 3.05) is 11.9 Å². The molecule has 0 radical (unpaired) electrons. The van der Waals surface area contributed by atoms with Gasteiger partial charge < -0.3 is 10.4 Å². The summed E-state index contributed by atoms with van der Waals surface area (Å²) in [6.45, 7) is 2.33. The van der Waals surface area contributed by atoms with Gasteiger partial charge in [0.25, 0.3) is 5.69 Å². The van der Waals surface area contributed by atoms with Crippen molar-refractivity contribution in [1.29, 1.82) is 5.26 Å². The van der Waals surface area contributed by atoms with E-state index >= 15 is 0 Å². The van der Waals surface area contributed by atoms with Crippen molar-refractivity contribution in [3.05, 3.63) is 33.9 Å². The number of nitro groups is 1. The molecule has 0 spiro atoms. The molecule has 1 atom stereocenters. The number of aliphatic hydroxyl groups excluding tert-OH is 1. The second kappa shape index (κ2) is 6.57. The van der Waals surface area contributed by atoms with Crippen molar-refractivity contribution in [3.63, 3.8) is 0 Å². The Morgan fingerprint density at radius 2 is 2.33 bits per heavy atom. The van der Waals surface area contributed by atoms with Gasteiger partial charge in [0.1, 0.15) is 11.6 Å². The van der Waals surface area contributed by atoms with Crippen LogP contribution in [0.1, 0.15) is 25.3 Å².